The van der Waals surface area contributed by atoms with E-state index in [1.807, 2.05) is 0 Å². The number of ketones is 2. The van der Waals surface area contributed by atoms with E-state index in [4.69, 9.17) is 81.7 Å². The largest absolute Gasteiger partial charge is 0.478 e. The number of unbranched alkanes of at least 4 members (excludes halogenated alkanes) is 11. The molecule has 9 N–H and O–H groups in total. The van der Waals surface area contributed by atoms with Gasteiger partial charge in [0.1, 0.15) is 6.61 Å². The van der Waals surface area contributed by atoms with E-state index >= 15 is 0 Å². The van der Waals surface area contributed by atoms with Gasteiger partial charge in [0.2, 0.25) is 36.6 Å². The first-order valence-corrected chi connectivity index (χ1v) is 48.6. The number of methoxy groups -OCH3 is 1. The summed E-state index contributed by atoms with van der Waals surface area (Å²) < 4.78 is 73.2. The summed E-state index contributed by atoms with van der Waals surface area (Å²) in [5.41, 5.74) is 5.57. The van der Waals surface area contributed by atoms with E-state index in [0.29, 0.717) is 52.1 Å². The molecule has 2 saturated heterocycles. The summed E-state index contributed by atoms with van der Waals surface area (Å²) in [5.74, 6) is -23.7. The molecule has 2 heterocycles. The molecule has 808 valence electrons. The van der Waals surface area contributed by atoms with Crippen LogP contribution in [0.5, 0.6) is 0 Å². The number of carbonyl (C=O) groups is 23. The Morgan fingerprint density at radius 1 is 0.296 bits per heavy atom. The van der Waals surface area contributed by atoms with E-state index in [2.05, 4.69) is 26.6 Å². The number of nitrogens with one attached hydrogen (secondary N) is 5. The van der Waals surface area contributed by atoms with Gasteiger partial charge in [0, 0.05) is 168 Å². The third kappa shape index (κ3) is 54.5. The third-order valence-electron chi connectivity index (χ3n) is 20.4. The van der Waals surface area contributed by atoms with Crippen molar-refractivity contribution in [3.05, 3.63) is 0 Å². The van der Waals surface area contributed by atoms with Crippen molar-refractivity contribution in [2.24, 2.45) is 5.73 Å². The summed E-state index contributed by atoms with van der Waals surface area (Å²) in [6, 6.07) is 0. The Morgan fingerprint density at radius 3 is 0.838 bits per heavy atom. The Hall–Kier alpha value is -11.7. The van der Waals surface area contributed by atoms with Gasteiger partial charge in [0.25, 0.3) is 29.5 Å². The van der Waals surface area contributed by atoms with E-state index in [0.717, 1.165) is 77.8 Å². The van der Waals surface area contributed by atoms with Gasteiger partial charge in [-0.05, 0) is 45.3 Å². The number of carboxylic acid groups (broad SMARTS) is 2. The van der Waals surface area contributed by atoms with Crippen LogP contribution in [0.25, 0.3) is 0 Å². The monoisotopic (exact) mass is 2030 g/mol. The Kier molecular flexibility index (Phi) is 71.5. The van der Waals surface area contributed by atoms with Crippen LogP contribution in [-0.4, -0.2) is 323 Å². The number of Topliss-reactive ketones (excluding diaryl/α,β-unsaturated/α-hetero) is 2. The number of nitrogens with two attached hydrogens (primary N) is 1. The SMILES string of the molecule is CCC(=O)OC(C(=O)CCCNCCNCCNCCNCCCC(=O)COCCOC)C(OC(=O)CC)C(OC(=O)CC)C(OC(=O)CC)C(=O)NCCCCCCCCCCCCCCN.CCC(=O)OC(C(=O)O)C(OC(=O)CC)C(OC(=O)CC)C(OC(=O)CC)C(=O)O.CCC(=O)OC(C(=O)ON1C(=O)CCC1=O)C(OC(=O)CC)C(OC(=O)CC)C(OC(=O)CC)C(=O)ON1C(=O)CCC1=O. The van der Waals surface area contributed by atoms with Crippen LogP contribution in [-0.2, 0) is 186 Å². The molecule has 12 atom stereocenters. The maximum absolute atomic E-state index is 14.0. The molecule has 142 heavy (non-hydrogen) atoms. The minimum absolute atomic E-state index is 0.0824. The molecule has 0 bridgehead atoms. The zero-order valence-electron chi connectivity index (χ0n) is 84.0. The van der Waals surface area contributed by atoms with Crippen molar-refractivity contribution < 1.29 is 196 Å². The van der Waals surface area contributed by atoms with E-state index in [1.54, 1.807) is 7.11 Å². The zero-order valence-corrected chi connectivity index (χ0v) is 84.0. The minimum Gasteiger partial charge on any atom is -0.478 e. The van der Waals surface area contributed by atoms with Gasteiger partial charge >= 0.3 is 95.5 Å². The van der Waals surface area contributed by atoms with Crippen LogP contribution in [0.1, 0.15) is 289 Å². The number of imide groups is 2. The van der Waals surface area contributed by atoms with E-state index in [-0.39, 0.29) is 125 Å². The maximum atomic E-state index is 14.0. The number of carboxylic acids is 2. The standard InChI is InChI=1S/C49H92N6O13.C26H32N2O16.C18H26O12/c1-6-41(58)65-45(40(57)25-23-28-52-31-33-54-35-34-53-32-30-51-27-22-24-39(56)38-64-37-36-63-5)46(66-42(59)7-2)47(67-43(60)8-3)48(68-44(61)9-4)49(62)55-29-21-19-17-15-13-11-10-12-14-16-18-20-26-50;1-5-17(33)39-21(23(41-19(35)7-3)25(37)43-27-13(29)9-10-14(27)30)22(40-18(34)6-2)24(42-20(36)8-4)26(38)44-28-15(31)11-12-16(28)32;1-5-9(19)27-13(15(17(23)24)29-11(21)7-3)14(28-10(20)6-2)16(18(25)26)30-12(22)8-4/h45-48,51-54H,6-38,50H2,1-5H3,(H,55,62);21-24H,5-12H2,1-4H3;13-16H,5-8H2,1-4H3,(H,23,24)(H,25,26). The number of hydrogen-bond acceptors (Lipinski definition) is 44. The molecule has 0 aromatic carbocycles. The van der Waals surface area contributed by atoms with Crippen LogP contribution < -0.4 is 32.3 Å². The number of esters is 12. The Balaban J connectivity index is 0.00000229. The molecule has 0 aromatic rings. The van der Waals surface area contributed by atoms with Crippen molar-refractivity contribution in [3.8, 4) is 0 Å². The molecule has 49 heteroatoms. The maximum Gasteiger partial charge on any atom is 0.377 e. The van der Waals surface area contributed by atoms with Gasteiger partial charge in [0.05, 0.1) is 13.2 Å². The summed E-state index contributed by atoms with van der Waals surface area (Å²) in [7, 11) is 1.59. The third-order valence-corrected chi connectivity index (χ3v) is 20.4. The highest BCUT2D eigenvalue weighted by Crippen LogP contribution is 2.29. The van der Waals surface area contributed by atoms with E-state index in [1.165, 1.54) is 122 Å². The fourth-order valence-electron chi connectivity index (χ4n) is 12.5. The smallest absolute Gasteiger partial charge is 0.377 e. The van der Waals surface area contributed by atoms with Gasteiger partial charge < -0.3 is 119 Å². The number of hydrogen-bond donors (Lipinski definition) is 8. The van der Waals surface area contributed by atoms with Gasteiger partial charge in [-0.25, -0.2) is 19.2 Å². The van der Waals surface area contributed by atoms with Gasteiger partial charge in [-0.15, -0.1) is 10.1 Å². The first-order chi connectivity index (χ1) is 67.8. The molecule has 0 spiro atoms. The second kappa shape index (κ2) is 77.9. The molecule has 0 radical (unpaired) electrons. The minimum atomic E-state index is -2.44. The van der Waals surface area contributed by atoms with Crippen molar-refractivity contribution in [1.82, 2.24) is 36.7 Å². The first-order valence-electron chi connectivity index (χ1n) is 48.6. The molecule has 0 saturated carbocycles. The van der Waals surface area contributed by atoms with Crippen LogP contribution >= 0.6 is 0 Å². The molecule has 2 aliphatic heterocycles. The van der Waals surface area contributed by atoms with Crippen LogP contribution in [0.15, 0.2) is 0 Å². The Labute approximate surface area is 826 Å². The number of aliphatic carboxylic acids is 2. The molecule has 2 fully saturated rings. The highest BCUT2D eigenvalue weighted by molar-refractivity contribution is 6.03. The van der Waals surface area contributed by atoms with E-state index < -0.39 is 217 Å². The summed E-state index contributed by atoms with van der Waals surface area (Å²) in [5, 5.41) is 35.2. The normalized spacial score (nSPS) is 14.6. The van der Waals surface area contributed by atoms with Crippen molar-refractivity contribution >= 4 is 137 Å². The molecule has 2 rings (SSSR count). The summed E-state index contributed by atoms with van der Waals surface area (Å²) in [6.45, 7) is 24.3. The number of nitrogens with zero attached hydrogens (tertiary/aromatic N) is 2. The molecule has 0 aromatic heterocycles. The zero-order chi connectivity index (χ0) is 107. The lowest BCUT2D eigenvalue weighted by Crippen LogP contribution is -2.58. The summed E-state index contributed by atoms with van der Waals surface area (Å²) >= 11 is 0. The number of carbonyl (C=O) groups excluding carboxylic acids is 21. The van der Waals surface area contributed by atoms with Gasteiger partial charge in [0.15, 0.2) is 48.2 Å². The van der Waals surface area contributed by atoms with Gasteiger partial charge in [-0.2, -0.15) is 0 Å². The number of rotatable bonds is 77. The molecule has 5 amide bonds. The summed E-state index contributed by atoms with van der Waals surface area (Å²) in [4.78, 5) is 296. The quantitative estimate of drug-likeness (QED) is 0.0186. The lowest BCUT2D eigenvalue weighted by atomic mass is 9.96. The Bertz CT molecular complexity index is 3800. The van der Waals surface area contributed by atoms with E-state index in [9.17, 15) is 120 Å². The highest BCUT2D eigenvalue weighted by atomic mass is 16.8. The summed E-state index contributed by atoms with van der Waals surface area (Å²) in [6.07, 6.45) is -15.3. The first kappa shape index (κ1) is 130. The second-order valence-electron chi connectivity index (χ2n) is 31.7. The Morgan fingerprint density at radius 2 is 0.542 bits per heavy atom. The lowest BCUT2D eigenvalue weighted by molar-refractivity contribution is -0.229. The van der Waals surface area contributed by atoms with Gasteiger partial charge in [-0.1, -0.05) is 147 Å². The average molecular weight is 2040 g/mol. The van der Waals surface area contributed by atoms with Crippen molar-refractivity contribution in [2.45, 2.75) is 362 Å². The average Bonchev–Trinajstić information content (AvgIpc) is 1.46. The van der Waals surface area contributed by atoms with Crippen molar-refractivity contribution in [2.75, 3.05) is 92.4 Å². The van der Waals surface area contributed by atoms with Gasteiger partial charge in [-0.3, -0.25) is 91.1 Å². The highest BCUT2D eigenvalue weighted by Gasteiger charge is 2.55. The van der Waals surface area contributed by atoms with Crippen LogP contribution in [0.4, 0.5) is 0 Å². The molecule has 2 aliphatic rings. The fourth-order valence-corrected chi connectivity index (χ4v) is 12.5. The lowest BCUT2D eigenvalue weighted by Gasteiger charge is -2.35. The van der Waals surface area contributed by atoms with Crippen LogP contribution in [0, 0.1) is 0 Å². The van der Waals surface area contributed by atoms with Crippen LogP contribution in [0.3, 0.4) is 0 Å². The molecule has 12 unspecified atom stereocenters. The van der Waals surface area contributed by atoms with Crippen LogP contribution in [0.2, 0.25) is 0 Å². The molecule has 0 aliphatic carbocycles. The number of ether oxygens (including phenoxy) is 14. The number of amides is 5. The molecule has 49 nitrogen and oxygen atoms in total. The predicted octanol–water partition coefficient (Wildman–Crippen LogP) is 3.68. The fraction of sp³-hybridized carbons (Fsp3) is 0.753. The second-order valence-corrected chi connectivity index (χ2v) is 31.7. The predicted molar refractivity (Wildman–Crippen MR) is 492 cm³/mol. The van der Waals surface area contributed by atoms with Crippen molar-refractivity contribution in [1.29, 1.82) is 0 Å². The molecular weight excluding hydrogens is 1890 g/mol. The number of hydroxylamine groups is 4. The topological polar surface area (TPSA) is 673 Å². The molecular formula is C93H150N8O41. The van der Waals surface area contributed by atoms with Crippen molar-refractivity contribution in [3.63, 3.8) is 0 Å².